The molecule has 0 aliphatic carbocycles. The maximum Gasteiger partial charge on any atom is 0.311 e. The Hall–Kier alpha value is -2.58. The molecule has 0 saturated carbocycles. The molecular formula is C30H40N2O5S. The first-order valence-corrected chi connectivity index (χ1v) is 14.5. The normalized spacial score (nSPS) is 29.3. The molecule has 8 heteroatoms. The third-order valence-corrected chi connectivity index (χ3v) is 10.5. The summed E-state index contributed by atoms with van der Waals surface area (Å²) in [5, 5.41) is 9.20. The number of ether oxygens (including phenoxy) is 1. The highest BCUT2D eigenvalue weighted by Crippen LogP contribution is 2.68. The van der Waals surface area contributed by atoms with E-state index in [1.807, 2.05) is 32.0 Å². The molecule has 3 aliphatic rings. The summed E-state index contributed by atoms with van der Waals surface area (Å²) >= 11 is 1.65. The minimum absolute atomic E-state index is 0.0586. The fourth-order valence-electron chi connectivity index (χ4n) is 6.71. The van der Waals surface area contributed by atoms with Gasteiger partial charge in [0, 0.05) is 30.6 Å². The first-order chi connectivity index (χ1) is 18.2. The van der Waals surface area contributed by atoms with Crippen LogP contribution in [-0.2, 0) is 19.1 Å². The van der Waals surface area contributed by atoms with Gasteiger partial charge in [0.15, 0.2) is 0 Å². The van der Waals surface area contributed by atoms with Gasteiger partial charge in [-0.3, -0.25) is 14.4 Å². The van der Waals surface area contributed by atoms with Gasteiger partial charge in [-0.2, -0.15) is 0 Å². The maximum absolute atomic E-state index is 14.7. The van der Waals surface area contributed by atoms with Crippen LogP contribution in [0.25, 0.3) is 0 Å². The number of aryl methyl sites for hydroxylation is 2. The number of anilines is 1. The van der Waals surface area contributed by atoms with E-state index in [2.05, 4.69) is 20.1 Å². The van der Waals surface area contributed by atoms with E-state index in [0.29, 0.717) is 25.9 Å². The molecule has 7 nitrogen and oxygen atoms in total. The Bertz CT molecular complexity index is 1110. The number of benzene rings is 1. The molecule has 2 amide bonds. The van der Waals surface area contributed by atoms with Gasteiger partial charge in [-0.1, -0.05) is 37.8 Å². The molecule has 4 rings (SSSR count). The molecule has 1 aromatic rings. The average Bonchev–Trinajstić information content (AvgIpc) is 3.48. The van der Waals surface area contributed by atoms with Crippen LogP contribution in [0.1, 0.15) is 43.7 Å². The molecule has 206 valence electrons. The summed E-state index contributed by atoms with van der Waals surface area (Å²) in [7, 11) is 0. The molecule has 1 aromatic carbocycles. The average molecular weight is 541 g/mol. The topological polar surface area (TPSA) is 87.2 Å². The number of nitrogens with zero attached hydrogens (tertiary/aromatic N) is 2. The minimum atomic E-state index is -0.704. The Labute approximate surface area is 230 Å². The van der Waals surface area contributed by atoms with Crippen LogP contribution in [0.4, 0.5) is 5.69 Å². The van der Waals surface area contributed by atoms with E-state index in [1.54, 1.807) is 27.6 Å². The van der Waals surface area contributed by atoms with E-state index in [9.17, 15) is 19.5 Å². The van der Waals surface area contributed by atoms with E-state index < -0.39 is 22.6 Å². The van der Waals surface area contributed by atoms with Gasteiger partial charge in [0.2, 0.25) is 5.91 Å². The van der Waals surface area contributed by atoms with Gasteiger partial charge in [-0.05, 0) is 62.6 Å². The summed E-state index contributed by atoms with van der Waals surface area (Å²) in [6, 6.07) is 5.33. The lowest BCUT2D eigenvalue weighted by atomic mass is 9.66. The van der Waals surface area contributed by atoms with Crippen molar-refractivity contribution in [3.63, 3.8) is 0 Å². The molecule has 38 heavy (non-hydrogen) atoms. The van der Waals surface area contributed by atoms with Crippen LogP contribution < -0.4 is 4.90 Å². The van der Waals surface area contributed by atoms with E-state index in [1.165, 1.54) is 6.08 Å². The number of hydrogen-bond donors (Lipinski definition) is 1. The quantitative estimate of drug-likeness (QED) is 0.245. The zero-order valence-electron chi connectivity index (χ0n) is 22.7. The molecule has 3 saturated heterocycles. The molecule has 2 bridgehead atoms. The predicted molar refractivity (Wildman–Crippen MR) is 151 cm³/mol. The van der Waals surface area contributed by atoms with Gasteiger partial charge < -0.3 is 19.6 Å². The number of rotatable bonds is 12. The monoisotopic (exact) mass is 540 g/mol. The molecule has 1 N–H and O–H groups in total. The SMILES string of the molecule is C=CCOC(=O)[C@@H]1[C@@H]2CC(C)C3(S2)C(C(=O)N(CC=C)c2cc(C)ccc2C)N(CCCCCO)C(=O)[C@H]13. The summed E-state index contributed by atoms with van der Waals surface area (Å²) in [4.78, 5) is 45.5. The largest absolute Gasteiger partial charge is 0.461 e. The summed E-state index contributed by atoms with van der Waals surface area (Å²) in [6.45, 7) is 14.6. The Morgan fingerprint density at radius 3 is 2.68 bits per heavy atom. The highest BCUT2D eigenvalue weighted by molar-refractivity contribution is 8.02. The number of unbranched alkanes of at least 4 members (excludes halogenated alkanes) is 2. The molecule has 1 spiro atoms. The zero-order chi connectivity index (χ0) is 27.6. The molecule has 3 heterocycles. The smallest absolute Gasteiger partial charge is 0.311 e. The number of likely N-dealkylation sites (tertiary alicyclic amines) is 1. The number of esters is 1. The molecule has 0 aromatic heterocycles. The van der Waals surface area contributed by atoms with Crippen LogP contribution in [-0.4, -0.2) is 70.1 Å². The van der Waals surface area contributed by atoms with Crippen LogP contribution in [0.3, 0.4) is 0 Å². The van der Waals surface area contributed by atoms with Crippen LogP contribution in [0, 0.1) is 31.6 Å². The van der Waals surface area contributed by atoms with Gasteiger partial charge in [0.25, 0.3) is 5.91 Å². The third kappa shape index (κ3) is 4.70. The van der Waals surface area contributed by atoms with Gasteiger partial charge >= 0.3 is 5.97 Å². The zero-order valence-corrected chi connectivity index (χ0v) is 23.5. The number of thioether (sulfide) groups is 1. The summed E-state index contributed by atoms with van der Waals surface area (Å²) in [6.07, 6.45) is 6.08. The standard InChI is InChI=1S/C30H40N2O5S/c1-6-13-31(22-17-19(3)11-12-20(22)4)28(35)26-30-21(5)18-23(38-30)24(29(36)37-16-7-2)25(30)27(34)32(26)14-9-8-10-15-33/h6-7,11-12,17,21,23-26,33H,1-2,8-10,13-16,18H2,3-5H3/t21?,23-,24+,25-,26?,30?/m0/s1. The Balaban J connectivity index is 1.78. The highest BCUT2D eigenvalue weighted by Gasteiger charge is 2.76. The van der Waals surface area contributed by atoms with E-state index >= 15 is 0 Å². The fraction of sp³-hybridized carbons (Fsp3) is 0.567. The predicted octanol–water partition coefficient (Wildman–Crippen LogP) is 4.05. The number of aliphatic hydroxyl groups excluding tert-OH is 1. The summed E-state index contributed by atoms with van der Waals surface area (Å²) < 4.78 is 4.76. The van der Waals surface area contributed by atoms with Crippen molar-refractivity contribution in [3.8, 4) is 0 Å². The van der Waals surface area contributed by atoms with Crippen molar-refractivity contribution in [3.05, 3.63) is 54.6 Å². The number of carbonyl (C=O) groups is 3. The lowest BCUT2D eigenvalue weighted by Crippen LogP contribution is -2.57. The Kier molecular flexibility index (Phi) is 8.72. The van der Waals surface area contributed by atoms with Gasteiger partial charge in [-0.25, -0.2) is 0 Å². The van der Waals surface area contributed by atoms with Crippen LogP contribution in [0.2, 0.25) is 0 Å². The molecule has 3 unspecified atom stereocenters. The lowest BCUT2D eigenvalue weighted by Gasteiger charge is -2.40. The van der Waals surface area contributed by atoms with Crippen molar-refractivity contribution >= 4 is 35.2 Å². The lowest BCUT2D eigenvalue weighted by molar-refractivity contribution is -0.153. The second-order valence-corrected chi connectivity index (χ2v) is 12.4. The van der Waals surface area contributed by atoms with Crippen LogP contribution >= 0.6 is 11.8 Å². The van der Waals surface area contributed by atoms with E-state index in [4.69, 9.17) is 4.74 Å². The highest BCUT2D eigenvalue weighted by atomic mass is 32.2. The van der Waals surface area contributed by atoms with E-state index in [0.717, 1.165) is 29.7 Å². The van der Waals surface area contributed by atoms with Crippen molar-refractivity contribution in [1.29, 1.82) is 0 Å². The number of amides is 2. The first kappa shape index (κ1) is 28.4. The van der Waals surface area contributed by atoms with Gasteiger partial charge in [-0.15, -0.1) is 18.3 Å². The first-order valence-electron chi connectivity index (χ1n) is 13.6. The van der Waals surface area contributed by atoms with E-state index in [-0.39, 0.29) is 42.2 Å². The van der Waals surface area contributed by atoms with Crippen molar-refractivity contribution in [2.75, 3.05) is 31.2 Å². The maximum atomic E-state index is 14.7. The van der Waals surface area contributed by atoms with Crippen LogP contribution in [0.15, 0.2) is 43.5 Å². The minimum Gasteiger partial charge on any atom is -0.461 e. The van der Waals surface area contributed by atoms with Crippen molar-refractivity contribution in [2.24, 2.45) is 17.8 Å². The van der Waals surface area contributed by atoms with Crippen molar-refractivity contribution in [2.45, 2.75) is 62.5 Å². The van der Waals surface area contributed by atoms with Gasteiger partial charge in [0.1, 0.15) is 12.6 Å². The summed E-state index contributed by atoms with van der Waals surface area (Å²) in [5.41, 5.74) is 2.83. The number of aliphatic hydroxyl groups is 1. The second kappa shape index (κ2) is 11.7. The summed E-state index contributed by atoms with van der Waals surface area (Å²) in [5.74, 6) is -1.73. The molecule has 6 atom stereocenters. The Morgan fingerprint density at radius 1 is 1.24 bits per heavy atom. The number of carbonyl (C=O) groups excluding carboxylic acids is 3. The molecule has 3 aliphatic heterocycles. The Morgan fingerprint density at radius 2 is 2.00 bits per heavy atom. The van der Waals surface area contributed by atoms with Crippen molar-refractivity contribution < 1.29 is 24.2 Å². The fourth-order valence-corrected chi connectivity index (χ4v) is 9.11. The van der Waals surface area contributed by atoms with Crippen molar-refractivity contribution in [1.82, 2.24) is 4.90 Å². The number of fused-ring (bicyclic) bond motifs is 1. The molecule has 0 radical (unpaired) electrons. The third-order valence-electron chi connectivity index (χ3n) is 8.39. The second-order valence-electron chi connectivity index (χ2n) is 10.8. The van der Waals surface area contributed by atoms with Gasteiger partial charge in [0.05, 0.1) is 16.6 Å². The molecule has 3 fully saturated rings. The van der Waals surface area contributed by atoms with Crippen LogP contribution in [0.5, 0.6) is 0 Å². The number of hydrogen-bond acceptors (Lipinski definition) is 6. The molecular weight excluding hydrogens is 500 g/mol.